The van der Waals surface area contributed by atoms with Gasteiger partial charge in [0, 0.05) is 18.2 Å². The lowest BCUT2D eigenvalue weighted by atomic mass is 10.1. The Kier molecular flexibility index (Phi) is 7.99. The number of hydrogen-bond acceptors (Lipinski definition) is 15. The van der Waals surface area contributed by atoms with Crippen molar-refractivity contribution in [3.63, 3.8) is 0 Å². The largest absolute Gasteiger partial charge is 0.387 e. The normalized spacial score (nSPS) is 38.1. The number of H-pyrrole nitrogens is 1. The number of rotatable bonds is 3. The molecule has 1 aliphatic carbocycles. The monoisotopic (exact) mass is 648 g/mol. The van der Waals surface area contributed by atoms with E-state index in [1.54, 1.807) is 12.3 Å². The van der Waals surface area contributed by atoms with Crippen molar-refractivity contribution in [3.05, 3.63) is 35.3 Å². The van der Waals surface area contributed by atoms with Crippen LogP contribution in [-0.2, 0) is 46.4 Å². The van der Waals surface area contributed by atoms with Crippen LogP contribution in [0.1, 0.15) is 19.1 Å². The predicted octanol–water partition coefficient (Wildman–Crippen LogP) is -0.108. The van der Waals surface area contributed by atoms with Crippen molar-refractivity contribution in [1.29, 1.82) is 0 Å². The Hall–Kier alpha value is -1.99. The van der Waals surface area contributed by atoms with Gasteiger partial charge < -0.3 is 44.3 Å². The van der Waals surface area contributed by atoms with Crippen LogP contribution in [0.4, 0.5) is 11.8 Å². The number of aliphatic hydroxyl groups is 1. The van der Waals surface area contributed by atoms with E-state index in [0.717, 1.165) is 0 Å². The summed E-state index contributed by atoms with van der Waals surface area (Å²) in [5.41, 5.74) is 5.13. The second-order valence-electron chi connectivity index (χ2n) is 9.74. The molecule has 0 spiro atoms. The summed E-state index contributed by atoms with van der Waals surface area (Å²) in [6.45, 7) is -8.32. The van der Waals surface area contributed by atoms with Gasteiger partial charge in [-0.15, -0.1) is 0 Å². The molecule has 3 aromatic heterocycles. The van der Waals surface area contributed by atoms with Gasteiger partial charge in [-0.3, -0.25) is 18.9 Å². The summed E-state index contributed by atoms with van der Waals surface area (Å²) in [5, 5.41) is 14.4. The second-order valence-corrected chi connectivity index (χ2v) is 15.3. The van der Waals surface area contributed by atoms with Gasteiger partial charge in [-0.1, -0.05) is 0 Å². The number of nitrogens with zero attached hydrogens (tertiary/aromatic N) is 5. The maximum absolute atomic E-state index is 12.3. The van der Waals surface area contributed by atoms with Gasteiger partial charge in [0.15, 0.2) is 17.4 Å². The predicted molar refractivity (Wildman–Crippen MR) is 149 cm³/mol. The summed E-state index contributed by atoms with van der Waals surface area (Å²) in [7, 11) is 0. The van der Waals surface area contributed by atoms with Crippen LogP contribution in [0, 0.1) is 5.92 Å². The van der Waals surface area contributed by atoms with Crippen molar-refractivity contribution in [2.75, 3.05) is 24.3 Å². The van der Waals surface area contributed by atoms with Crippen molar-refractivity contribution < 1.29 is 37.7 Å². The van der Waals surface area contributed by atoms with Gasteiger partial charge in [-0.25, -0.2) is 15.0 Å². The van der Waals surface area contributed by atoms with E-state index < -0.39 is 49.6 Å². The number of aromatic amines is 1. The van der Waals surface area contributed by atoms with Crippen LogP contribution in [0.5, 0.6) is 0 Å². The number of nitrogens with one attached hydrogen (secondary N) is 2. The second kappa shape index (κ2) is 11.3. The minimum absolute atomic E-state index is 0.0403. The zero-order valence-corrected chi connectivity index (χ0v) is 24.4. The first-order valence-electron chi connectivity index (χ1n) is 12.4. The van der Waals surface area contributed by atoms with Gasteiger partial charge >= 0.3 is 13.4 Å². The Morgan fingerprint density at radius 2 is 1.90 bits per heavy atom. The number of imidazole rings is 1. The number of nitrogens with two attached hydrogens (primary N) is 1. The minimum Gasteiger partial charge on any atom is -0.387 e. The van der Waals surface area contributed by atoms with Crippen molar-refractivity contribution in [2.24, 2.45) is 5.92 Å². The summed E-state index contributed by atoms with van der Waals surface area (Å²) < 4.78 is 30.3. The molecule has 6 rings (SSSR count). The SMILES string of the molecule is Nc1nc2c(ncn2[C@@H]2O[C@@H]3COP(O)(=S)O[C@H]4C[C@H](Nc5ccncn5)C[C@@H]4COP(O)(=S)O[C@@H]2[C@@H]3O)c(=O)[nH]1. The van der Waals surface area contributed by atoms with Crippen molar-refractivity contribution in [2.45, 2.75) is 49.5 Å². The van der Waals surface area contributed by atoms with E-state index in [0.29, 0.717) is 18.7 Å². The highest BCUT2D eigenvalue weighted by atomic mass is 32.5. The molecule has 9 atom stereocenters. The minimum atomic E-state index is -3.99. The van der Waals surface area contributed by atoms with Gasteiger partial charge in [0.25, 0.3) is 5.56 Å². The molecule has 0 aromatic carbocycles. The summed E-state index contributed by atoms with van der Waals surface area (Å²) in [6, 6.07) is 1.58. The fourth-order valence-corrected chi connectivity index (χ4v) is 8.13. The van der Waals surface area contributed by atoms with E-state index in [-0.39, 0.29) is 42.3 Å². The van der Waals surface area contributed by atoms with E-state index in [1.807, 2.05) is 0 Å². The quantitative estimate of drug-likeness (QED) is 0.203. The zero-order chi connectivity index (χ0) is 28.9. The highest BCUT2D eigenvalue weighted by molar-refractivity contribution is 8.07. The number of aromatic nitrogens is 6. The lowest BCUT2D eigenvalue weighted by molar-refractivity contribution is -0.0511. The first-order chi connectivity index (χ1) is 19.5. The molecule has 21 heteroatoms. The standard InChI is InChI=1S/C20H26N8O9P2S2/c21-20-26-17-14(18(30)27-20)24-8-28(17)19-16-15(29)12(35-19)6-34-38(31,40)36-11-4-10(25-13-1-2-22-7-23-13)3-9(11)5-33-39(32,41)37-16/h1-2,7-12,15-16,19,29H,3-6H2,(H,31,40)(H,32,41)(H,22,23,25)(H3,21,26,27,30)/t9-,10-,11+,12-,15-,16-,19-,38?,39?/m1/s1. The Balaban J connectivity index is 1.28. The number of hydrogen-bond donors (Lipinski definition) is 6. The Bertz CT molecular complexity index is 1580. The van der Waals surface area contributed by atoms with Crippen LogP contribution in [0.15, 0.2) is 29.7 Å². The topological polar surface area (TPSA) is 234 Å². The molecule has 17 nitrogen and oxygen atoms in total. The lowest BCUT2D eigenvalue weighted by Crippen LogP contribution is -2.35. The van der Waals surface area contributed by atoms with E-state index in [4.69, 9.17) is 52.2 Å². The van der Waals surface area contributed by atoms with Gasteiger partial charge in [-0.2, -0.15) is 4.98 Å². The molecule has 1 saturated carbocycles. The summed E-state index contributed by atoms with van der Waals surface area (Å²) >= 11 is 10.6. The van der Waals surface area contributed by atoms with Crippen molar-refractivity contribution >= 4 is 60.0 Å². The summed E-state index contributed by atoms with van der Waals surface area (Å²) in [5.74, 6) is 0.0700. The third kappa shape index (κ3) is 6.22. The van der Waals surface area contributed by atoms with E-state index in [9.17, 15) is 19.7 Å². The van der Waals surface area contributed by atoms with Crippen LogP contribution < -0.4 is 16.6 Å². The average molecular weight is 649 g/mol. The number of aliphatic hydroxyl groups excluding tert-OH is 1. The van der Waals surface area contributed by atoms with Crippen molar-refractivity contribution in [1.82, 2.24) is 29.5 Å². The highest BCUT2D eigenvalue weighted by Gasteiger charge is 2.50. The molecule has 222 valence electrons. The molecule has 3 fully saturated rings. The van der Waals surface area contributed by atoms with Crippen LogP contribution in [0.25, 0.3) is 11.2 Å². The number of ether oxygens (including phenoxy) is 1. The smallest absolute Gasteiger partial charge is 0.325 e. The summed E-state index contributed by atoms with van der Waals surface area (Å²) in [4.78, 5) is 52.8. The molecule has 0 amide bonds. The third-order valence-corrected chi connectivity index (χ3v) is 10.1. The maximum atomic E-state index is 12.3. The third-order valence-electron chi connectivity index (χ3n) is 6.98. The molecule has 3 aromatic rings. The summed E-state index contributed by atoms with van der Waals surface area (Å²) in [6.07, 6.45) is -0.488. The Labute approximate surface area is 241 Å². The first-order valence-corrected chi connectivity index (χ1v) is 17.6. The van der Waals surface area contributed by atoms with E-state index >= 15 is 0 Å². The number of anilines is 2. The van der Waals surface area contributed by atoms with Crippen molar-refractivity contribution in [3.8, 4) is 0 Å². The zero-order valence-electron chi connectivity index (χ0n) is 21.0. The molecule has 2 aliphatic heterocycles. The van der Waals surface area contributed by atoms with Gasteiger partial charge in [-0.05, 0) is 42.5 Å². The number of fused-ring (bicyclic) bond motifs is 4. The van der Waals surface area contributed by atoms with Crippen LogP contribution in [-0.4, -0.2) is 88.1 Å². The van der Waals surface area contributed by atoms with E-state index in [1.165, 1.54) is 17.2 Å². The Morgan fingerprint density at radius 3 is 2.68 bits per heavy atom. The average Bonchev–Trinajstić information content (AvgIpc) is 3.57. The first kappa shape index (κ1) is 29.1. The molecule has 41 heavy (non-hydrogen) atoms. The molecule has 0 radical (unpaired) electrons. The molecule has 3 aliphatic rings. The van der Waals surface area contributed by atoms with Gasteiger partial charge in [0.2, 0.25) is 5.95 Å². The molecule has 2 bridgehead atoms. The Morgan fingerprint density at radius 1 is 1.12 bits per heavy atom. The molecular weight excluding hydrogens is 622 g/mol. The molecule has 7 N–H and O–H groups in total. The van der Waals surface area contributed by atoms with Crippen LogP contribution >= 0.6 is 13.4 Å². The maximum Gasteiger partial charge on any atom is 0.325 e. The van der Waals surface area contributed by atoms with Gasteiger partial charge in [0.05, 0.1) is 25.6 Å². The molecule has 2 unspecified atom stereocenters. The fourth-order valence-electron chi connectivity index (χ4n) is 5.16. The molecule has 5 heterocycles. The van der Waals surface area contributed by atoms with E-state index in [2.05, 4.69) is 30.2 Å². The van der Waals surface area contributed by atoms with Gasteiger partial charge in [0.1, 0.15) is 30.5 Å². The highest BCUT2D eigenvalue weighted by Crippen LogP contribution is 2.54. The lowest BCUT2D eigenvalue weighted by Gasteiger charge is -2.28. The number of nitrogen functional groups attached to an aromatic ring is 1. The van der Waals surface area contributed by atoms with Crippen LogP contribution in [0.3, 0.4) is 0 Å². The van der Waals surface area contributed by atoms with Crippen LogP contribution in [0.2, 0.25) is 0 Å². The fraction of sp³-hybridized carbons (Fsp3) is 0.550. The molecular formula is C20H26N8O9P2S2. The molecule has 2 saturated heterocycles.